The number of carbonyl (C=O) groups is 2. The molecule has 0 aromatic heterocycles. The van der Waals surface area contributed by atoms with E-state index in [4.69, 9.17) is 10.00 Å². The van der Waals surface area contributed by atoms with Crippen LogP contribution in [-0.4, -0.2) is 56.6 Å². The highest BCUT2D eigenvalue weighted by Gasteiger charge is 2.19. The summed E-state index contributed by atoms with van der Waals surface area (Å²) in [5.41, 5.74) is 0.0309. The van der Waals surface area contributed by atoms with Gasteiger partial charge in [-0.25, -0.2) is 0 Å². The van der Waals surface area contributed by atoms with Crippen LogP contribution in [0.1, 0.15) is 19.3 Å². The zero-order valence-corrected chi connectivity index (χ0v) is 12.4. The Labute approximate surface area is 124 Å². The van der Waals surface area contributed by atoms with Gasteiger partial charge in [0.05, 0.1) is 6.61 Å². The molecule has 0 radical (unpaired) electrons. The fourth-order valence-corrected chi connectivity index (χ4v) is 1.99. The summed E-state index contributed by atoms with van der Waals surface area (Å²) in [5.74, 6) is -0.226. The Hall–Kier alpha value is -2.07. The van der Waals surface area contributed by atoms with Gasteiger partial charge in [-0.15, -0.1) is 0 Å². The van der Waals surface area contributed by atoms with Crippen LogP contribution < -0.4 is 10.6 Å². The maximum absolute atomic E-state index is 11.7. The fraction of sp³-hybridized carbons (Fsp3) is 0.643. The van der Waals surface area contributed by atoms with E-state index in [1.807, 2.05) is 6.07 Å². The number of nitrogens with one attached hydrogen (secondary N) is 2. The molecule has 2 amide bonds. The summed E-state index contributed by atoms with van der Waals surface area (Å²) >= 11 is 0. The maximum atomic E-state index is 11.7. The fourth-order valence-electron chi connectivity index (χ4n) is 1.99. The molecule has 0 aromatic carbocycles. The van der Waals surface area contributed by atoms with Crippen molar-refractivity contribution in [2.45, 2.75) is 19.3 Å². The van der Waals surface area contributed by atoms with Crippen molar-refractivity contribution in [3.63, 3.8) is 0 Å². The van der Waals surface area contributed by atoms with Crippen LogP contribution in [0, 0.1) is 11.3 Å². The van der Waals surface area contributed by atoms with Crippen molar-refractivity contribution in [1.82, 2.24) is 15.5 Å². The Morgan fingerprint density at radius 3 is 2.95 bits per heavy atom. The number of ether oxygens (including phenoxy) is 1. The summed E-state index contributed by atoms with van der Waals surface area (Å²) in [6.07, 6.45) is 3.62. The van der Waals surface area contributed by atoms with Crippen LogP contribution in [0.5, 0.6) is 0 Å². The average molecular weight is 294 g/mol. The van der Waals surface area contributed by atoms with Gasteiger partial charge in [-0.05, 0) is 12.8 Å². The van der Waals surface area contributed by atoms with E-state index in [0.717, 1.165) is 13.0 Å². The predicted molar refractivity (Wildman–Crippen MR) is 77.0 cm³/mol. The molecule has 21 heavy (non-hydrogen) atoms. The van der Waals surface area contributed by atoms with E-state index >= 15 is 0 Å². The van der Waals surface area contributed by atoms with Crippen LogP contribution >= 0.6 is 0 Å². The van der Waals surface area contributed by atoms with Crippen molar-refractivity contribution in [3.8, 4) is 6.07 Å². The Morgan fingerprint density at radius 2 is 2.33 bits per heavy atom. The number of likely N-dealkylation sites (tertiary alicyclic amines) is 1. The summed E-state index contributed by atoms with van der Waals surface area (Å²) < 4.78 is 4.85. The van der Waals surface area contributed by atoms with E-state index in [1.165, 1.54) is 6.20 Å². The maximum Gasteiger partial charge on any atom is 0.263 e. The number of hydrogen-bond donors (Lipinski definition) is 2. The average Bonchev–Trinajstić information content (AvgIpc) is 2.89. The molecule has 2 N–H and O–H groups in total. The summed E-state index contributed by atoms with van der Waals surface area (Å²) in [6, 6.07) is 1.85. The van der Waals surface area contributed by atoms with Gasteiger partial charge < -0.3 is 20.3 Å². The van der Waals surface area contributed by atoms with E-state index in [0.29, 0.717) is 39.1 Å². The lowest BCUT2D eigenvalue weighted by Gasteiger charge is -2.15. The molecule has 0 atom stereocenters. The third kappa shape index (κ3) is 6.27. The van der Waals surface area contributed by atoms with Crippen molar-refractivity contribution in [1.29, 1.82) is 5.26 Å². The first-order chi connectivity index (χ1) is 10.2. The van der Waals surface area contributed by atoms with Gasteiger partial charge in [0, 0.05) is 45.9 Å². The van der Waals surface area contributed by atoms with Crippen LogP contribution in [-0.2, 0) is 14.3 Å². The standard InChI is InChI=1S/C14H22N4O3/c1-21-9-6-16-11-12(10-15)14(20)17-5-3-8-18-7-2-4-13(18)19/h11,16H,2-9H2,1H3,(H,17,20)/b12-11-. The van der Waals surface area contributed by atoms with E-state index < -0.39 is 5.91 Å². The van der Waals surface area contributed by atoms with Gasteiger partial charge in [-0.2, -0.15) is 5.26 Å². The number of methoxy groups -OCH3 is 1. The Kier molecular flexibility index (Phi) is 7.90. The van der Waals surface area contributed by atoms with Crippen molar-refractivity contribution < 1.29 is 14.3 Å². The second kappa shape index (κ2) is 9.77. The lowest BCUT2D eigenvalue weighted by atomic mass is 10.3. The second-order valence-electron chi connectivity index (χ2n) is 4.71. The minimum Gasteiger partial charge on any atom is -0.387 e. The molecule has 1 rings (SSSR count). The van der Waals surface area contributed by atoms with Gasteiger partial charge in [0.15, 0.2) is 0 Å². The molecule has 1 heterocycles. The van der Waals surface area contributed by atoms with Crippen LogP contribution in [0.3, 0.4) is 0 Å². The topological polar surface area (TPSA) is 94.5 Å². The van der Waals surface area contributed by atoms with Gasteiger partial charge in [-0.1, -0.05) is 0 Å². The molecule has 7 nitrogen and oxygen atoms in total. The van der Waals surface area contributed by atoms with Crippen LogP contribution in [0.4, 0.5) is 0 Å². The molecule has 1 fully saturated rings. The largest absolute Gasteiger partial charge is 0.387 e. The number of nitrogens with zero attached hydrogens (tertiary/aromatic N) is 2. The Balaban J connectivity index is 2.21. The van der Waals surface area contributed by atoms with Gasteiger partial charge in [0.2, 0.25) is 5.91 Å². The number of hydrogen-bond acceptors (Lipinski definition) is 5. The summed E-state index contributed by atoms with van der Waals surface area (Å²) in [7, 11) is 1.58. The zero-order valence-electron chi connectivity index (χ0n) is 12.4. The Bertz CT molecular complexity index is 428. The second-order valence-corrected chi connectivity index (χ2v) is 4.71. The highest BCUT2D eigenvalue weighted by Crippen LogP contribution is 2.09. The molecular formula is C14H22N4O3. The molecule has 0 aliphatic carbocycles. The smallest absolute Gasteiger partial charge is 0.263 e. The highest BCUT2D eigenvalue weighted by molar-refractivity contribution is 5.97. The first-order valence-corrected chi connectivity index (χ1v) is 7.07. The molecule has 0 bridgehead atoms. The molecule has 116 valence electrons. The molecule has 1 aliphatic heterocycles. The summed E-state index contributed by atoms with van der Waals surface area (Å²) in [4.78, 5) is 24.9. The molecule has 7 heteroatoms. The van der Waals surface area contributed by atoms with Gasteiger partial charge in [0.1, 0.15) is 11.6 Å². The normalized spacial score (nSPS) is 15.0. The summed E-state index contributed by atoms with van der Waals surface area (Å²) in [6.45, 7) is 2.93. The molecule has 0 spiro atoms. The van der Waals surface area contributed by atoms with Crippen molar-refractivity contribution in [2.24, 2.45) is 0 Å². The molecule has 1 aliphatic rings. The molecule has 0 unspecified atom stereocenters. The quantitative estimate of drug-likeness (QED) is 0.348. The van der Waals surface area contributed by atoms with Crippen molar-refractivity contribution >= 4 is 11.8 Å². The number of carbonyl (C=O) groups excluding carboxylic acids is 2. The number of amides is 2. The minimum atomic E-state index is -0.407. The summed E-state index contributed by atoms with van der Waals surface area (Å²) in [5, 5.41) is 14.4. The zero-order chi connectivity index (χ0) is 15.5. The number of rotatable bonds is 9. The molecular weight excluding hydrogens is 272 g/mol. The first-order valence-electron chi connectivity index (χ1n) is 7.07. The predicted octanol–water partition coefficient (Wildman–Crippen LogP) is -0.241. The van der Waals surface area contributed by atoms with Gasteiger partial charge in [0.25, 0.3) is 5.91 Å². The van der Waals surface area contributed by atoms with E-state index in [9.17, 15) is 9.59 Å². The lowest BCUT2D eigenvalue weighted by Crippen LogP contribution is -2.31. The highest BCUT2D eigenvalue weighted by atomic mass is 16.5. The van der Waals surface area contributed by atoms with E-state index in [-0.39, 0.29) is 11.5 Å². The number of nitriles is 1. The first kappa shape index (κ1) is 17.0. The van der Waals surface area contributed by atoms with E-state index in [2.05, 4.69) is 10.6 Å². The minimum absolute atomic E-state index is 0.0309. The van der Waals surface area contributed by atoms with E-state index in [1.54, 1.807) is 12.0 Å². The van der Waals surface area contributed by atoms with Crippen molar-refractivity contribution in [3.05, 3.63) is 11.8 Å². The molecule has 1 saturated heterocycles. The van der Waals surface area contributed by atoms with Gasteiger partial charge in [-0.3, -0.25) is 9.59 Å². The monoisotopic (exact) mass is 294 g/mol. The Morgan fingerprint density at radius 1 is 1.52 bits per heavy atom. The lowest BCUT2D eigenvalue weighted by molar-refractivity contribution is -0.127. The SMILES string of the molecule is COCCN/C=C(/C#N)C(=O)NCCCN1CCCC1=O. The molecule has 0 aromatic rings. The van der Waals surface area contributed by atoms with Gasteiger partial charge >= 0.3 is 0 Å². The van der Waals surface area contributed by atoms with Crippen molar-refractivity contribution in [2.75, 3.05) is 39.9 Å². The van der Waals surface area contributed by atoms with Crippen LogP contribution in [0.15, 0.2) is 11.8 Å². The third-order valence-electron chi connectivity index (χ3n) is 3.12. The molecule has 0 saturated carbocycles. The van der Waals surface area contributed by atoms with Crippen LogP contribution in [0.25, 0.3) is 0 Å². The van der Waals surface area contributed by atoms with Crippen LogP contribution in [0.2, 0.25) is 0 Å². The third-order valence-corrected chi connectivity index (χ3v) is 3.12.